The van der Waals surface area contributed by atoms with Crippen LogP contribution in [0.1, 0.15) is 31.0 Å². The standard InChI is InChI=1S/C17H21FN4O/c1-11(8-17(23)21-14-4-2-13(18)3-5-14)20-15-6-7-16-12(9-15)10-19-22-16/h2-5,10-11,15,20H,6-9H2,1H3,(H,19,22)(H,21,23)/t11-,15+/m0/s1. The number of hydrogen-bond acceptors (Lipinski definition) is 3. The van der Waals surface area contributed by atoms with Crippen molar-refractivity contribution in [2.45, 2.75) is 44.7 Å². The molecule has 0 fully saturated rings. The summed E-state index contributed by atoms with van der Waals surface area (Å²) in [5.74, 6) is -0.384. The van der Waals surface area contributed by atoms with E-state index in [0.29, 0.717) is 18.2 Å². The molecule has 6 heteroatoms. The molecule has 2 aromatic rings. The van der Waals surface area contributed by atoms with Crippen molar-refractivity contribution in [1.29, 1.82) is 0 Å². The lowest BCUT2D eigenvalue weighted by molar-refractivity contribution is -0.116. The minimum Gasteiger partial charge on any atom is -0.326 e. The Morgan fingerprint density at radius 1 is 1.43 bits per heavy atom. The summed E-state index contributed by atoms with van der Waals surface area (Å²) in [6.07, 6.45) is 5.23. The smallest absolute Gasteiger partial charge is 0.225 e. The van der Waals surface area contributed by atoms with E-state index in [1.54, 1.807) is 12.1 Å². The van der Waals surface area contributed by atoms with Gasteiger partial charge in [0.1, 0.15) is 5.82 Å². The lowest BCUT2D eigenvalue weighted by Crippen LogP contribution is -2.41. The minimum atomic E-state index is -0.311. The van der Waals surface area contributed by atoms with Crippen LogP contribution in [0.15, 0.2) is 30.5 Å². The van der Waals surface area contributed by atoms with Crippen LogP contribution < -0.4 is 10.6 Å². The van der Waals surface area contributed by atoms with Crippen LogP contribution in [0, 0.1) is 5.82 Å². The molecule has 1 amide bonds. The number of fused-ring (bicyclic) bond motifs is 1. The molecular weight excluding hydrogens is 295 g/mol. The lowest BCUT2D eigenvalue weighted by atomic mass is 9.93. The number of H-pyrrole nitrogens is 1. The summed E-state index contributed by atoms with van der Waals surface area (Å²) in [6, 6.07) is 6.24. The van der Waals surface area contributed by atoms with Gasteiger partial charge in [-0.2, -0.15) is 5.10 Å². The van der Waals surface area contributed by atoms with E-state index in [0.717, 1.165) is 19.3 Å². The molecule has 0 spiro atoms. The monoisotopic (exact) mass is 316 g/mol. The summed E-state index contributed by atoms with van der Waals surface area (Å²) >= 11 is 0. The van der Waals surface area contributed by atoms with Gasteiger partial charge in [0.05, 0.1) is 6.20 Å². The van der Waals surface area contributed by atoms with E-state index in [2.05, 4.69) is 20.8 Å². The Bertz CT molecular complexity index is 667. The molecule has 1 aliphatic carbocycles. The summed E-state index contributed by atoms with van der Waals surface area (Å²) in [5, 5.41) is 13.4. The van der Waals surface area contributed by atoms with Gasteiger partial charge in [-0.1, -0.05) is 0 Å². The van der Waals surface area contributed by atoms with Crippen LogP contribution in [0.3, 0.4) is 0 Å². The number of rotatable bonds is 5. The van der Waals surface area contributed by atoms with Gasteiger partial charge in [0.15, 0.2) is 0 Å². The van der Waals surface area contributed by atoms with Crippen LogP contribution in [-0.4, -0.2) is 28.2 Å². The molecule has 122 valence electrons. The molecule has 0 saturated heterocycles. The van der Waals surface area contributed by atoms with Crippen LogP contribution in [0.5, 0.6) is 0 Å². The third kappa shape index (κ3) is 4.16. The maximum absolute atomic E-state index is 12.8. The summed E-state index contributed by atoms with van der Waals surface area (Å²) in [6.45, 7) is 2.01. The SMILES string of the molecule is C[C@@H](CC(=O)Nc1ccc(F)cc1)N[C@@H]1CCc2[nH]ncc2C1. The van der Waals surface area contributed by atoms with Crippen molar-refractivity contribution in [3.8, 4) is 0 Å². The fourth-order valence-corrected chi connectivity index (χ4v) is 3.04. The Hall–Kier alpha value is -2.21. The Morgan fingerprint density at radius 2 is 2.22 bits per heavy atom. The number of benzene rings is 1. The first-order valence-electron chi connectivity index (χ1n) is 7.93. The Morgan fingerprint density at radius 3 is 3.00 bits per heavy atom. The number of nitrogens with zero attached hydrogens (tertiary/aromatic N) is 1. The Labute approximate surface area is 134 Å². The highest BCUT2D eigenvalue weighted by atomic mass is 19.1. The van der Waals surface area contributed by atoms with Crippen LogP contribution in [0.25, 0.3) is 0 Å². The molecule has 1 aromatic carbocycles. The zero-order valence-corrected chi connectivity index (χ0v) is 13.1. The third-order valence-electron chi connectivity index (χ3n) is 4.16. The van der Waals surface area contributed by atoms with Crippen LogP contribution in [0.2, 0.25) is 0 Å². The molecule has 0 unspecified atom stereocenters. The topological polar surface area (TPSA) is 69.8 Å². The van der Waals surface area contributed by atoms with Crippen LogP contribution >= 0.6 is 0 Å². The highest BCUT2D eigenvalue weighted by Gasteiger charge is 2.22. The van der Waals surface area contributed by atoms with E-state index >= 15 is 0 Å². The number of anilines is 1. The molecule has 1 heterocycles. The van der Waals surface area contributed by atoms with E-state index in [4.69, 9.17) is 0 Å². The van der Waals surface area contributed by atoms with Crippen molar-refractivity contribution in [1.82, 2.24) is 15.5 Å². The van der Waals surface area contributed by atoms with Crippen molar-refractivity contribution in [3.05, 3.63) is 47.5 Å². The number of aryl methyl sites for hydroxylation is 1. The number of nitrogens with one attached hydrogen (secondary N) is 3. The molecule has 2 atom stereocenters. The first kappa shape index (κ1) is 15.7. The van der Waals surface area contributed by atoms with Crippen molar-refractivity contribution in [3.63, 3.8) is 0 Å². The van der Waals surface area contributed by atoms with Gasteiger partial charge in [0, 0.05) is 29.9 Å². The highest BCUT2D eigenvalue weighted by Crippen LogP contribution is 2.19. The maximum atomic E-state index is 12.8. The van der Waals surface area contributed by atoms with Crippen molar-refractivity contribution in [2.24, 2.45) is 0 Å². The second kappa shape index (κ2) is 6.91. The van der Waals surface area contributed by atoms with Gasteiger partial charge in [-0.05, 0) is 56.0 Å². The zero-order valence-electron chi connectivity index (χ0n) is 13.1. The molecule has 3 N–H and O–H groups in total. The molecule has 23 heavy (non-hydrogen) atoms. The summed E-state index contributed by atoms with van der Waals surface area (Å²) in [7, 11) is 0. The second-order valence-electron chi connectivity index (χ2n) is 6.14. The Balaban J connectivity index is 1.46. The number of carbonyl (C=O) groups excluding carboxylic acids is 1. The molecule has 1 aliphatic rings. The first-order valence-corrected chi connectivity index (χ1v) is 7.93. The molecule has 5 nitrogen and oxygen atoms in total. The number of hydrogen-bond donors (Lipinski definition) is 3. The van der Waals surface area contributed by atoms with E-state index < -0.39 is 0 Å². The number of aromatic amines is 1. The van der Waals surface area contributed by atoms with Crippen molar-refractivity contribution >= 4 is 11.6 Å². The third-order valence-corrected chi connectivity index (χ3v) is 4.16. The zero-order chi connectivity index (χ0) is 16.2. The van der Waals surface area contributed by atoms with Gasteiger partial charge in [-0.3, -0.25) is 9.89 Å². The van der Waals surface area contributed by atoms with Crippen molar-refractivity contribution < 1.29 is 9.18 Å². The maximum Gasteiger partial charge on any atom is 0.225 e. The van der Waals surface area contributed by atoms with E-state index in [-0.39, 0.29) is 17.8 Å². The van der Waals surface area contributed by atoms with Crippen LogP contribution in [-0.2, 0) is 17.6 Å². The number of carbonyl (C=O) groups is 1. The summed E-state index contributed by atoms with van der Waals surface area (Å²) in [4.78, 5) is 12.0. The number of halogens is 1. The predicted molar refractivity (Wildman–Crippen MR) is 86.6 cm³/mol. The molecule has 0 bridgehead atoms. The first-order chi connectivity index (χ1) is 11.1. The fraction of sp³-hybridized carbons (Fsp3) is 0.412. The van der Waals surface area contributed by atoms with Gasteiger partial charge in [-0.15, -0.1) is 0 Å². The van der Waals surface area contributed by atoms with Gasteiger partial charge in [-0.25, -0.2) is 4.39 Å². The number of aromatic nitrogens is 2. The normalized spacial score (nSPS) is 18.3. The van der Waals surface area contributed by atoms with E-state index in [1.807, 2.05) is 13.1 Å². The molecular formula is C17H21FN4O. The van der Waals surface area contributed by atoms with E-state index in [1.165, 1.54) is 23.4 Å². The van der Waals surface area contributed by atoms with E-state index in [9.17, 15) is 9.18 Å². The van der Waals surface area contributed by atoms with Gasteiger partial charge in [0.2, 0.25) is 5.91 Å². The van der Waals surface area contributed by atoms with Gasteiger partial charge < -0.3 is 10.6 Å². The molecule has 0 saturated carbocycles. The highest BCUT2D eigenvalue weighted by molar-refractivity contribution is 5.91. The summed E-state index contributed by atoms with van der Waals surface area (Å²) in [5.41, 5.74) is 3.10. The fourth-order valence-electron chi connectivity index (χ4n) is 3.04. The molecule has 1 aromatic heterocycles. The Kier molecular flexibility index (Phi) is 4.71. The molecule has 0 radical (unpaired) electrons. The van der Waals surface area contributed by atoms with Crippen LogP contribution in [0.4, 0.5) is 10.1 Å². The van der Waals surface area contributed by atoms with Gasteiger partial charge in [0.25, 0.3) is 0 Å². The summed E-state index contributed by atoms with van der Waals surface area (Å²) < 4.78 is 12.8. The lowest BCUT2D eigenvalue weighted by Gasteiger charge is -2.26. The van der Waals surface area contributed by atoms with Gasteiger partial charge >= 0.3 is 0 Å². The predicted octanol–water partition coefficient (Wildman–Crippen LogP) is 2.41. The average Bonchev–Trinajstić information content (AvgIpc) is 2.97. The number of amides is 1. The average molecular weight is 316 g/mol. The molecule has 3 rings (SSSR count). The molecule has 0 aliphatic heterocycles. The minimum absolute atomic E-state index is 0.0728. The second-order valence-corrected chi connectivity index (χ2v) is 6.14. The quantitative estimate of drug-likeness (QED) is 0.793. The van der Waals surface area contributed by atoms with Crippen molar-refractivity contribution in [2.75, 3.05) is 5.32 Å². The largest absolute Gasteiger partial charge is 0.326 e.